The van der Waals surface area contributed by atoms with E-state index in [1.54, 1.807) is 0 Å². The lowest BCUT2D eigenvalue weighted by Gasteiger charge is -2.00. The molecule has 2 heterocycles. The maximum Gasteiger partial charge on any atom is 0.269 e. The topological polar surface area (TPSA) is 71.5 Å². The van der Waals surface area contributed by atoms with E-state index in [0.29, 0.717) is 11.5 Å². The summed E-state index contributed by atoms with van der Waals surface area (Å²) in [6, 6.07) is 11.5. The number of fused-ring (bicyclic) bond motifs is 1. The summed E-state index contributed by atoms with van der Waals surface area (Å²) < 4.78 is 0. The van der Waals surface area contributed by atoms with E-state index in [9.17, 15) is 4.79 Å². The highest BCUT2D eigenvalue weighted by molar-refractivity contribution is 5.80. The minimum atomic E-state index is -0.287. The molecule has 0 spiro atoms. The maximum absolute atomic E-state index is 11.1. The molecular formula is C12H8N4O. The van der Waals surface area contributed by atoms with Gasteiger partial charge in [-0.25, -0.2) is 4.98 Å². The molecule has 5 nitrogen and oxygen atoms in total. The monoisotopic (exact) mass is 224 g/mol. The zero-order valence-corrected chi connectivity index (χ0v) is 8.79. The van der Waals surface area contributed by atoms with Gasteiger partial charge in [0, 0.05) is 5.39 Å². The van der Waals surface area contributed by atoms with E-state index in [1.807, 2.05) is 36.4 Å². The quantitative estimate of drug-likeness (QED) is 0.677. The Kier molecular flexibility index (Phi) is 2.15. The molecule has 5 heteroatoms. The number of H-pyrrole nitrogens is 1. The zero-order chi connectivity index (χ0) is 11.7. The van der Waals surface area contributed by atoms with E-state index in [-0.39, 0.29) is 5.56 Å². The molecule has 0 amide bonds. The molecule has 1 N–H and O–H groups in total. The summed E-state index contributed by atoms with van der Waals surface area (Å²) in [6.07, 6.45) is 1.13. The van der Waals surface area contributed by atoms with Crippen LogP contribution in [0.3, 0.4) is 0 Å². The van der Waals surface area contributed by atoms with Gasteiger partial charge in [0.25, 0.3) is 5.56 Å². The molecule has 0 aliphatic carbocycles. The molecule has 0 saturated carbocycles. The molecule has 0 unspecified atom stereocenters. The van der Waals surface area contributed by atoms with Crippen LogP contribution < -0.4 is 5.56 Å². The number of benzene rings is 1. The van der Waals surface area contributed by atoms with Crippen LogP contribution in [0.25, 0.3) is 22.4 Å². The van der Waals surface area contributed by atoms with Crippen molar-refractivity contribution in [3.63, 3.8) is 0 Å². The molecule has 3 aromatic rings. The van der Waals surface area contributed by atoms with Gasteiger partial charge in [-0.1, -0.05) is 24.3 Å². The molecule has 0 saturated heterocycles. The summed E-state index contributed by atoms with van der Waals surface area (Å²) >= 11 is 0. The Morgan fingerprint density at radius 2 is 1.94 bits per heavy atom. The van der Waals surface area contributed by atoms with Crippen molar-refractivity contribution in [2.24, 2.45) is 0 Å². The first-order chi connectivity index (χ1) is 8.33. The smallest absolute Gasteiger partial charge is 0.269 e. The SMILES string of the molecule is O=c1cnnc(-c2ccc3ccccc3n2)[nH]1. The van der Waals surface area contributed by atoms with E-state index in [2.05, 4.69) is 20.2 Å². The molecule has 0 aliphatic heterocycles. The Morgan fingerprint density at radius 1 is 1.06 bits per heavy atom. The summed E-state index contributed by atoms with van der Waals surface area (Å²) in [6.45, 7) is 0. The second-order valence-electron chi connectivity index (χ2n) is 3.57. The second-order valence-corrected chi connectivity index (χ2v) is 3.57. The zero-order valence-electron chi connectivity index (χ0n) is 8.79. The predicted octanol–water partition coefficient (Wildman–Crippen LogP) is 1.38. The van der Waals surface area contributed by atoms with E-state index in [1.165, 1.54) is 0 Å². The van der Waals surface area contributed by atoms with Gasteiger partial charge in [0.15, 0.2) is 5.82 Å². The van der Waals surface area contributed by atoms with Crippen molar-refractivity contribution < 1.29 is 0 Å². The number of pyridine rings is 1. The average Bonchev–Trinajstić information content (AvgIpc) is 2.38. The van der Waals surface area contributed by atoms with Crippen molar-refractivity contribution in [1.29, 1.82) is 0 Å². The number of aromatic amines is 1. The number of para-hydroxylation sites is 1. The van der Waals surface area contributed by atoms with Gasteiger partial charge in [-0.3, -0.25) is 4.79 Å². The Hall–Kier alpha value is -2.56. The van der Waals surface area contributed by atoms with Crippen molar-refractivity contribution in [2.45, 2.75) is 0 Å². The molecule has 3 rings (SSSR count). The third-order valence-corrected chi connectivity index (χ3v) is 2.42. The molecular weight excluding hydrogens is 216 g/mol. The van der Waals surface area contributed by atoms with Gasteiger partial charge in [-0.05, 0) is 12.1 Å². The lowest BCUT2D eigenvalue weighted by atomic mass is 10.2. The highest BCUT2D eigenvalue weighted by atomic mass is 16.1. The molecule has 0 radical (unpaired) electrons. The molecule has 1 aromatic carbocycles. The lowest BCUT2D eigenvalue weighted by Crippen LogP contribution is -2.09. The molecule has 0 bridgehead atoms. The van der Waals surface area contributed by atoms with Crippen molar-refractivity contribution in [3.8, 4) is 11.5 Å². The van der Waals surface area contributed by atoms with E-state index >= 15 is 0 Å². The van der Waals surface area contributed by atoms with Crippen molar-refractivity contribution in [1.82, 2.24) is 20.2 Å². The van der Waals surface area contributed by atoms with E-state index in [4.69, 9.17) is 0 Å². The Labute approximate surface area is 96.2 Å². The number of nitrogens with zero attached hydrogens (tertiary/aromatic N) is 3. The first-order valence-corrected chi connectivity index (χ1v) is 5.11. The number of rotatable bonds is 1. The van der Waals surface area contributed by atoms with Crippen LogP contribution >= 0.6 is 0 Å². The van der Waals surface area contributed by atoms with Gasteiger partial charge in [0.2, 0.25) is 0 Å². The lowest BCUT2D eigenvalue weighted by molar-refractivity contribution is 0.948. The average molecular weight is 224 g/mol. The van der Waals surface area contributed by atoms with Crippen LogP contribution in [-0.2, 0) is 0 Å². The highest BCUT2D eigenvalue weighted by Gasteiger charge is 2.03. The molecule has 2 aromatic heterocycles. The molecule has 0 aliphatic rings. The Balaban J connectivity index is 2.21. The third-order valence-electron chi connectivity index (χ3n) is 2.42. The molecule has 82 valence electrons. The number of aromatic nitrogens is 4. The van der Waals surface area contributed by atoms with Crippen molar-refractivity contribution in [3.05, 3.63) is 52.9 Å². The Bertz CT molecular complexity index is 735. The minimum Gasteiger partial charge on any atom is -0.302 e. The van der Waals surface area contributed by atoms with Gasteiger partial charge in [-0.2, -0.15) is 5.10 Å². The van der Waals surface area contributed by atoms with Crippen LogP contribution in [-0.4, -0.2) is 20.2 Å². The van der Waals surface area contributed by atoms with Crippen molar-refractivity contribution in [2.75, 3.05) is 0 Å². The highest BCUT2D eigenvalue weighted by Crippen LogP contribution is 2.16. The fourth-order valence-corrected chi connectivity index (χ4v) is 1.63. The second kappa shape index (κ2) is 3.79. The first-order valence-electron chi connectivity index (χ1n) is 5.11. The number of hydrogen-bond donors (Lipinski definition) is 1. The number of nitrogens with one attached hydrogen (secondary N) is 1. The largest absolute Gasteiger partial charge is 0.302 e. The summed E-state index contributed by atoms with van der Waals surface area (Å²) in [5.74, 6) is 0.378. The van der Waals surface area contributed by atoms with Gasteiger partial charge in [0.1, 0.15) is 11.9 Å². The van der Waals surface area contributed by atoms with Gasteiger partial charge >= 0.3 is 0 Å². The van der Waals surface area contributed by atoms with Crippen LogP contribution in [0.2, 0.25) is 0 Å². The van der Waals surface area contributed by atoms with Crippen LogP contribution in [0.15, 0.2) is 47.4 Å². The van der Waals surface area contributed by atoms with Gasteiger partial charge < -0.3 is 4.98 Å². The predicted molar refractivity (Wildman–Crippen MR) is 63.4 cm³/mol. The summed E-state index contributed by atoms with van der Waals surface area (Å²) in [7, 11) is 0. The van der Waals surface area contributed by atoms with Gasteiger partial charge in [0.05, 0.1) is 5.52 Å². The van der Waals surface area contributed by atoms with E-state index in [0.717, 1.165) is 17.1 Å². The summed E-state index contributed by atoms with van der Waals surface area (Å²) in [4.78, 5) is 18.2. The van der Waals surface area contributed by atoms with E-state index < -0.39 is 0 Å². The van der Waals surface area contributed by atoms with Crippen LogP contribution in [0.5, 0.6) is 0 Å². The fourth-order valence-electron chi connectivity index (χ4n) is 1.63. The van der Waals surface area contributed by atoms with Gasteiger partial charge in [-0.15, -0.1) is 5.10 Å². The van der Waals surface area contributed by atoms with Crippen molar-refractivity contribution >= 4 is 10.9 Å². The summed E-state index contributed by atoms with van der Waals surface area (Å²) in [5.41, 5.74) is 1.18. The number of hydrogen-bond acceptors (Lipinski definition) is 4. The Morgan fingerprint density at radius 3 is 2.82 bits per heavy atom. The third kappa shape index (κ3) is 1.78. The molecule has 0 fully saturated rings. The fraction of sp³-hybridized carbons (Fsp3) is 0. The summed E-state index contributed by atoms with van der Waals surface area (Å²) in [5, 5.41) is 8.50. The van der Waals surface area contributed by atoms with Crippen LogP contribution in [0.4, 0.5) is 0 Å². The van der Waals surface area contributed by atoms with Crippen LogP contribution in [0.1, 0.15) is 0 Å². The molecule has 17 heavy (non-hydrogen) atoms. The normalized spacial score (nSPS) is 10.6. The first kappa shape index (κ1) is 9.65. The molecule has 0 atom stereocenters. The maximum atomic E-state index is 11.1. The standard InChI is InChI=1S/C12H8N4O/c17-11-7-13-16-12(15-11)10-6-5-8-3-1-2-4-9(8)14-10/h1-7H,(H,15,16,17). The minimum absolute atomic E-state index is 0.287. The van der Waals surface area contributed by atoms with Crippen LogP contribution in [0, 0.1) is 0 Å².